The van der Waals surface area contributed by atoms with Gasteiger partial charge in [0.2, 0.25) is 0 Å². The van der Waals surface area contributed by atoms with Gasteiger partial charge < -0.3 is 0 Å². The van der Waals surface area contributed by atoms with Crippen molar-refractivity contribution in [3.63, 3.8) is 0 Å². The van der Waals surface area contributed by atoms with Gasteiger partial charge in [-0.3, -0.25) is 0 Å². The van der Waals surface area contributed by atoms with Gasteiger partial charge in [0.15, 0.2) is 5.82 Å². The van der Waals surface area contributed by atoms with Gasteiger partial charge in [0.05, 0.1) is 5.52 Å². The summed E-state index contributed by atoms with van der Waals surface area (Å²) in [6, 6.07) is 8.06. The number of hydrogen-bond acceptors (Lipinski definition) is 2. The summed E-state index contributed by atoms with van der Waals surface area (Å²) in [5.74, 6) is 0.828. The molecule has 1 aromatic carbocycles. The van der Waals surface area contributed by atoms with Crippen molar-refractivity contribution in [3.05, 3.63) is 54.5 Å². The van der Waals surface area contributed by atoms with Crippen molar-refractivity contribution in [1.29, 1.82) is 0 Å². The molecular formula is C14H12N2. The van der Waals surface area contributed by atoms with Crippen LogP contribution in [0.2, 0.25) is 0 Å². The highest BCUT2D eigenvalue weighted by Crippen LogP contribution is 2.19. The smallest absolute Gasteiger partial charge is 0.159 e. The van der Waals surface area contributed by atoms with Crippen molar-refractivity contribution in [3.8, 4) is 0 Å². The predicted octanol–water partition coefficient (Wildman–Crippen LogP) is 3.36. The van der Waals surface area contributed by atoms with Crippen LogP contribution in [0.1, 0.15) is 18.7 Å². The van der Waals surface area contributed by atoms with Crippen LogP contribution in [0.15, 0.2) is 48.7 Å². The molecule has 0 amide bonds. The van der Waals surface area contributed by atoms with Gasteiger partial charge in [-0.1, -0.05) is 36.4 Å². The van der Waals surface area contributed by atoms with E-state index in [0.717, 1.165) is 35.1 Å². The number of aromatic nitrogens is 2. The van der Waals surface area contributed by atoms with Crippen molar-refractivity contribution in [2.75, 3.05) is 0 Å². The van der Waals surface area contributed by atoms with Crippen LogP contribution in [0.4, 0.5) is 0 Å². The Kier molecular flexibility index (Phi) is 2.26. The first-order chi connectivity index (χ1) is 7.93. The summed E-state index contributed by atoms with van der Waals surface area (Å²) in [5, 5.41) is 1.09. The molecule has 0 atom stereocenters. The summed E-state index contributed by atoms with van der Waals surface area (Å²) in [5.41, 5.74) is 2.14. The maximum absolute atomic E-state index is 4.57. The fraction of sp³-hybridized carbons (Fsp3) is 0.143. The normalized spacial score (nSPS) is 15.1. The Hall–Kier alpha value is -1.96. The molecule has 0 N–H and O–H groups in total. The number of hydrogen-bond donors (Lipinski definition) is 0. The lowest BCUT2D eigenvalue weighted by molar-refractivity contribution is 1.03. The molecule has 0 unspecified atom stereocenters. The molecule has 0 radical (unpaired) electrons. The zero-order valence-corrected chi connectivity index (χ0v) is 8.93. The molecule has 1 heterocycles. The maximum atomic E-state index is 4.57. The van der Waals surface area contributed by atoms with Gasteiger partial charge in [0.1, 0.15) is 0 Å². The second kappa shape index (κ2) is 3.89. The molecule has 2 aromatic rings. The monoisotopic (exact) mass is 208 g/mol. The molecule has 2 heteroatoms. The first-order valence-corrected chi connectivity index (χ1v) is 5.52. The van der Waals surface area contributed by atoms with Crippen LogP contribution < -0.4 is 0 Å². The molecule has 0 saturated carbocycles. The second-order valence-corrected chi connectivity index (χ2v) is 3.89. The summed E-state index contributed by atoms with van der Waals surface area (Å²) >= 11 is 0. The van der Waals surface area contributed by atoms with Crippen molar-refractivity contribution in [2.24, 2.45) is 0 Å². The van der Waals surface area contributed by atoms with Crippen molar-refractivity contribution in [2.45, 2.75) is 12.8 Å². The molecule has 0 bridgehead atoms. The molecule has 78 valence electrons. The van der Waals surface area contributed by atoms with E-state index in [2.05, 4.69) is 28.2 Å². The summed E-state index contributed by atoms with van der Waals surface area (Å²) in [6.07, 6.45) is 10.6. The third-order valence-electron chi connectivity index (χ3n) is 2.74. The highest BCUT2D eigenvalue weighted by Gasteiger charge is 2.04. The van der Waals surface area contributed by atoms with Crippen LogP contribution in [0.25, 0.3) is 16.5 Å². The van der Waals surface area contributed by atoms with Gasteiger partial charge in [-0.15, -0.1) is 0 Å². The van der Waals surface area contributed by atoms with Crippen molar-refractivity contribution < 1.29 is 0 Å². The lowest BCUT2D eigenvalue weighted by atomic mass is 10.1. The number of rotatable bonds is 1. The minimum Gasteiger partial charge on any atom is -0.236 e. The molecule has 0 aliphatic heterocycles. The largest absolute Gasteiger partial charge is 0.236 e. The van der Waals surface area contributed by atoms with Gasteiger partial charge in [-0.05, 0) is 18.9 Å². The molecule has 3 rings (SSSR count). The van der Waals surface area contributed by atoms with E-state index < -0.39 is 0 Å². The highest BCUT2D eigenvalue weighted by molar-refractivity contribution is 5.80. The molecule has 2 nitrogen and oxygen atoms in total. The number of para-hydroxylation sites is 1. The fourth-order valence-corrected chi connectivity index (χ4v) is 1.89. The van der Waals surface area contributed by atoms with Crippen LogP contribution in [-0.2, 0) is 0 Å². The fourth-order valence-electron chi connectivity index (χ4n) is 1.89. The first-order valence-electron chi connectivity index (χ1n) is 5.52. The summed E-state index contributed by atoms with van der Waals surface area (Å²) in [4.78, 5) is 8.97. The Bertz CT molecular complexity index is 582. The minimum atomic E-state index is 0.828. The second-order valence-electron chi connectivity index (χ2n) is 3.89. The number of fused-ring (bicyclic) bond motifs is 1. The molecule has 1 aliphatic rings. The average molecular weight is 208 g/mol. The minimum absolute atomic E-state index is 0.828. The maximum Gasteiger partial charge on any atom is 0.159 e. The Labute approximate surface area is 94.4 Å². The van der Waals surface area contributed by atoms with E-state index in [1.165, 1.54) is 0 Å². The van der Waals surface area contributed by atoms with Gasteiger partial charge in [-0.25, -0.2) is 9.97 Å². The Balaban J connectivity index is 2.11. The van der Waals surface area contributed by atoms with E-state index in [9.17, 15) is 0 Å². The van der Waals surface area contributed by atoms with Crippen LogP contribution in [0.5, 0.6) is 0 Å². The molecule has 0 fully saturated rings. The lowest BCUT2D eigenvalue weighted by Gasteiger charge is -2.06. The first kappa shape index (κ1) is 9.28. The van der Waals surface area contributed by atoms with Gasteiger partial charge in [0, 0.05) is 17.2 Å². The van der Waals surface area contributed by atoms with E-state index >= 15 is 0 Å². The van der Waals surface area contributed by atoms with Crippen LogP contribution in [0, 0.1) is 0 Å². The SMILES string of the molecule is C1=CC(c2ncc3ccccc3n2)=CCC1. The van der Waals surface area contributed by atoms with E-state index in [4.69, 9.17) is 0 Å². The lowest BCUT2D eigenvalue weighted by Crippen LogP contribution is -1.94. The third-order valence-corrected chi connectivity index (χ3v) is 2.74. The van der Waals surface area contributed by atoms with Crippen LogP contribution >= 0.6 is 0 Å². The van der Waals surface area contributed by atoms with Crippen LogP contribution in [0.3, 0.4) is 0 Å². The van der Waals surface area contributed by atoms with Crippen molar-refractivity contribution >= 4 is 16.5 Å². The predicted molar refractivity (Wildman–Crippen MR) is 65.9 cm³/mol. The molecule has 1 aromatic heterocycles. The van der Waals surface area contributed by atoms with Gasteiger partial charge >= 0.3 is 0 Å². The molecule has 0 spiro atoms. The van der Waals surface area contributed by atoms with Gasteiger partial charge in [-0.2, -0.15) is 0 Å². The number of benzene rings is 1. The Morgan fingerprint density at radius 3 is 2.88 bits per heavy atom. The average Bonchev–Trinajstić information content (AvgIpc) is 2.39. The van der Waals surface area contributed by atoms with Crippen molar-refractivity contribution in [1.82, 2.24) is 9.97 Å². The quantitative estimate of drug-likeness (QED) is 0.718. The van der Waals surface area contributed by atoms with E-state index in [0.29, 0.717) is 0 Å². The van der Waals surface area contributed by atoms with Crippen LogP contribution in [-0.4, -0.2) is 9.97 Å². The van der Waals surface area contributed by atoms with Gasteiger partial charge in [0.25, 0.3) is 0 Å². The zero-order valence-electron chi connectivity index (χ0n) is 8.93. The zero-order chi connectivity index (χ0) is 10.8. The standard InChI is InChI=1S/C14H12N2/c1-2-6-11(7-3-1)14-15-10-12-8-4-5-9-13(12)16-14/h2,4-10H,1,3H2. The topological polar surface area (TPSA) is 25.8 Å². The Morgan fingerprint density at radius 2 is 2.00 bits per heavy atom. The molecule has 1 aliphatic carbocycles. The summed E-state index contributed by atoms with van der Waals surface area (Å²) in [7, 11) is 0. The molecule has 0 saturated heterocycles. The molecular weight excluding hydrogens is 196 g/mol. The summed E-state index contributed by atoms with van der Waals surface area (Å²) < 4.78 is 0. The Morgan fingerprint density at radius 1 is 1.06 bits per heavy atom. The highest BCUT2D eigenvalue weighted by atomic mass is 14.9. The summed E-state index contributed by atoms with van der Waals surface area (Å²) in [6.45, 7) is 0. The third kappa shape index (κ3) is 1.63. The number of nitrogens with zero attached hydrogens (tertiary/aromatic N) is 2. The van der Waals surface area contributed by atoms with E-state index in [1.807, 2.05) is 30.5 Å². The van der Waals surface area contributed by atoms with E-state index in [-0.39, 0.29) is 0 Å². The molecule has 16 heavy (non-hydrogen) atoms. The number of allylic oxidation sites excluding steroid dienone is 4. The van der Waals surface area contributed by atoms with E-state index in [1.54, 1.807) is 0 Å².